The number of hydrogen-bond donors (Lipinski definition) is 1. The van der Waals surface area contributed by atoms with Crippen LogP contribution in [0.5, 0.6) is 0 Å². The van der Waals surface area contributed by atoms with Crippen molar-refractivity contribution < 1.29 is 9.18 Å². The first-order valence-corrected chi connectivity index (χ1v) is 4.68. The van der Waals surface area contributed by atoms with Gasteiger partial charge in [0.15, 0.2) is 0 Å². The lowest BCUT2D eigenvalue weighted by molar-refractivity contribution is -0.121. The third-order valence-electron chi connectivity index (χ3n) is 2.16. The van der Waals surface area contributed by atoms with Gasteiger partial charge in [-0.15, -0.1) is 0 Å². The minimum Gasteiger partial charge on any atom is -0.369 e. The maximum atomic E-state index is 12.6. The summed E-state index contributed by atoms with van der Waals surface area (Å²) in [5, 5.41) is 3.31. The average molecular weight is 222 g/mol. The zero-order chi connectivity index (χ0) is 12.0. The fourth-order valence-corrected chi connectivity index (χ4v) is 1.30. The van der Waals surface area contributed by atoms with Crippen molar-refractivity contribution in [2.24, 2.45) is 16.8 Å². The van der Waals surface area contributed by atoms with E-state index in [1.165, 1.54) is 12.1 Å². The van der Waals surface area contributed by atoms with E-state index in [1.54, 1.807) is 12.1 Å². The normalized spacial score (nSPS) is 11.6. The summed E-state index contributed by atoms with van der Waals surface area (Å²) in [4.78, 5) is 13.6. The van der Waals surface area contributed by atoms with Gasteiger partial charge in [-0.2, -0.15) is 0 Å². The molecular weight excluding hydrogens is 211 g/mol. The van der Waals surface area contributed by atoms with Gasteiger partial charge in [-0.25, -0.2) is 4.39 Å². The zero-order valence-electron chi connectivity index (χ0n) is 8.51. The maximum absolute atomic E-state index is 12.6. The molecule has 0 radical (unpaired) electrons. The molecule has 1 rings (SSSR count). The van der Waals surface area contributed by atoms with E-state index in [0.717, 1.165) is 5.56 Å². The Morgan fingerprint density at radius 2 is 2.12 bits per heavy atom. The van der Waals surface area contributed by atoms with Crippen LogP contribution in [-0.2, 0) is 11.2 Å². The van der Waals surface area contributed by atoms with Crippen LogP contribution in [0.25, 0.3) is 10.4 Å². The van der Waals surface area contributed by atoms with Gasteiger partial charge in [-0.3, -0.25) is 4.79 Å². The molecule has 0 heterocycles. The van der Waals surface area contributed by atoms with Gasteiger partial charge in [-0.05, 0) is 29.6 Å². The predicted octanol–water partition coefficient (Wildman–Crippen LogP) is 1.78. The summed E-state index contributed by atoms with van der Waals surface area (Å²) in [6, 6.07) is 5.75. The molecule has 0 saturated carbocycles. The van der Waals surface area contributed by atoms with Gasteiger partial charge in [-0.1, -0.05) is 17.2 Å². The molecule has 0 saturated heterocycles. The first-order valence-electron chi connectivity index (χ1n) is 4.68. The van der Waals surface area contributed by atoms with E-state index in [1.807, 2.05) is 0 Å². The second kappa shape index (κ2) is 5.72. The summed E-state index contributed by atoms with van der Waals surface area (Å²) in [6.45, 7) is 0.0171. The second-order valence-electron chi connectivity index (χ2n) is 3.34. The molecule has 0 aliphatic heterocycles. The highest BCUT2D eigenvalue weighted by atomic mass is 19.1. The van der Waals surface area contributed by atoms with Crippen molar-refractivity contribution >= 4 is 5.91 Å². The van der Waals surface area contributed by atoms with Crippen molar-refractivity contribution in [3.05, 3.63) is 46.1 Å². The van der Waals surface area contributed by atoms with Gasteiger partial charge in [0.25, 0.3) is 0 Å². The minimum atomic E-state index is -0.554. The predicted molar refractivity (Wildman–Crippen MR) is 56.8 cm³/mol. The Kier molecular flexibility index (Phi) is 4.29. The molecule has 0 unspecified atom stereocenters. The number of rotatable bonds is 5. The number of nitrogens with zero attached hydrogens (tertiary/aromatic N) is 3. The molecule has 1 aromatic carbocycles. The lowest BCUT2D eigenvalue weighted by Gasteiger charge is -2.09. The van der Waals surface area contributed by atoms with E-state index in [4.69, 9.17) is 11.3 Å². The van der Waals surface area contributed by atoms with E-state index in [9.17, 15) is 9.18 Å². The van der Waals surface area contributed by atoms with Crippen molar-refractivity contribution in [3.63, 3.8) is 0 Å². The van der Waals surface area contributed by atoms with Crippen LogP contribution in [0.15, 0.2) is 29.4 Å². The largest absolute Gasteiger partial charge is 0.369 e. The Morgan fingerprint density at radius 3 is 2.62 bits per heavy atom. The number of hydrogen-bond acceptors (Lipinski definition) is 2. The highest BCUT2D eigenvalue weighted by Gasteiger charge is 2.14. The number of benzene rings is 1. The molecule has 2 N–H and O–H groups in total. The molecule has 0 fully saturated rings. The van der Waals surface area contributed by atoms with Crippen LogP contribution in [0.3, 0.4) is 0 Å². The monoisotopic (exact) mass is 222 g/mol. The van der Waals surface area contributed by atoms with Crippen LogP contribution in [-0.4, -0.2) is 12.5 Å². The number of halogens is 1. The molecule has 5 nitrogen and oxygen atoms in total. The summed E-state index contributed by atoms with van der Waals surface area (Å²) < 4.78 is 12.6. The Balaban J connectivity index is 2.71. The third kappa shape index (κ3) is 3.59. The van der Waals surface area contributed by atoms with E-state index < -0.39 is 11.8 Å². The fraction of sp³-hybridized carbons (Fsp3) is 0.300. The highest BCUT2D eigenvalue weighted by Crippen LogP contribution is 2.10. The van der Waals surface area contributed by atoms with Crippen LogP contribution in [0.1, 0.15) is 5.56 Å². The smallest absolute Gasteiger partial charge is 0.220 e. The molecule has 16 heavy (non-hydrogen) atoms. The van der Waals surface area contributed by atoms with Crippen molar-refractivity contribution in [1.82, 2.24) is 0 Å². The van der Waals surface area contributed by atoms with E-state index >= 15 is 0 Å². The first-order chi connectivity index (χ1) is 7.63. The summed E-state index contributed by atoms with van der Waals surface area (Å²) in [5.41, 5.74) is 14.1. The van der Waals surface area contributed by atoms with E-state index in [2.05, 4.69) is 10.0 Å². The van der Waals surface area contributed by atoms with Gasteiger partial charge in [0.2, 0.25) is 5.91 Å². The summed E-state index contributed by atoms with van der Waals surface area (Å²) in [5.74, 6) is -1.42. The van der Waals surface area contributed by atoms with Crippen molar-refractivity contribution in [1.29, 1.82) is 0 Å². The molecule has 0 aromatic heterocycles. The number of azide groups is 1. The van der Waals surface area contributed by atoms with Gasteiger partial charge < -0.3 is 5.73 Å². The molecule has 0 spiro atoms. The highest BCUT2D eigenvalue weighted by molar-refractivity contribution is 5.77. The van der Waals surface area contributed by atoms with Crippen LogP contribution < -0.4 is 5.73 Å². The number of carbonyl (C=O) groups excluding carboxylic acids is 1. The molecule has 1 aromatic rings. The van der Waals surface area contributed by atoms with Crippen LogP contribution in [0.2, 0.25) is 0 Å². The van der Waals surface area contributed by atoms with Gasteiger partial charge >= 0.3 is 0 Å². The van der Waals surface area contributed by atoms with Gasteiger partial charge in [0.1, 0.15) is 5.82 Å². The molecule has 0 aliphatic carbocycles. The summed E-state index contributed by atoms with van der Waals surface area (Å²) in [6.07, 6.45) is 0.342. The summed E-state index contributed by atoms with van der Waals surface area (Å²) in [7, 11) is 0. The van der Waals surface area contributed by atoms with E-state index in [-0.39, 0.29) is 12.4 Å². The molecule has 84 valence electrons. The lowest BCUT2D eigenvalue weighted by atomic mass is 9.99. The van der Waals surface area contributed by atoms with Gasteiger partial charge in [0, 0.05) is 17.4 Å². The molecule has 1 amide bonds. The number of carbonyl (C=O) groups is 1. The molecule has 6 heteroatoms. The van der Waals surface area contributed by atoms with E-state index in [0.29, 0.717) is 6.42 Å². The Morgan fingerprint density at radius 1 is 1.50 bits per heavy atom. The third-order valence-corrected chi connectivity index (χ3v) is 2.16. The Hall–Kier alpha value is -2.07. The molecule has 1 atom stereocenters. The molecular formula is C10H11FN4O. The average Bonchev–Trinajstić information content (AvgIpc) is 2.26. The standard InChI is InChI=1S/C10H11FN4O/c11-9-3-1-7(2-4-9)5-8(10(12)16)6-14-15-13/h1-4,8H,5-6H2,(H2,12,16)/t8-/m0/s1. The topological polar surface area (TPSA) is 91.8 Å². The quantitative estimate of drug-likeness (QED) is 0.459. The van der Waals surface area contributed by atoms with Crippen molar-refractivity contribution in [2.45, 2.75) is 6.42 Å². The van der Waals surface area contributed by atoms with Crippen LogP contribution in [0.4, 0.5) is 4.39 Å². The number of nitrogens with two attached hydrogens (primary N) is 1. The number of primary amides is 1. The summed E-state index contributed by atoms with van der Waals surface area (Å²) >= 11 is 0. The van der Waals surface area contributed by atoms with Crippen LogP contribution >= 0.6 is 0 Å². The Bertz CT molecular complexity index is 411. The number of amides is 1. The Labute approximate surface area is 91.7 Å². The van der Waals surface area contributed by atoms with Gasteiger partial charge in [0.05, 0.1) is 0 Å². The first kappa shape index (κ1) is 12.0. The lowest BCUT2D eigenvalue weighted by Crippen LogP contribution is -2.27. The molecule has 0 bridgehead atoms. The second-order valence-corrected chi connectivity index (χ2v) is 3.34. The fourth-order valence-electron chi connectivity index (χ4n) is 1.30. The molecule has 0 aliphatic rings. The maximum Gasteiger partial charge on any atom is 0.220 e. The zero-order valence-corrected chi connectivity index (χ0v) is 8.51. The van der Waals surface area contributed by atoms with Crippen molar-refractivity contribution in [2.75, 3.05) is 6.54 Å². The minimum absolute atomic E-state index is 0.0171. The van der Waals surface area contributed by atoms with Crippen LogP contribution in [0, 0.1) is 11.7 Å². The SMILES string of the molecule is [N-]=[N+]=NC[C@H](Cc1ccc(F)cc1)C(N)=O. The van der Waals surface area contributed by atoms with Crippen molar-refractivity contribution in [3.8, 4) is 0 Å².